The summed E-state index contributed by atoms with van der Waals surface area (Å²) in [5, 5.41) is 14.7. The smallest absolute Gasteiger partial charge is 0.475 e. The van der Waals surface area contributed by atoms with E-state index in [4.69, 9.17) is 23.9 Å². The molecule has 4 heterocycles. The molecule has 2 N–H and O–H groups in total. The molecule has 1 atom stereocenters. The highest BCUT2D eigenvalue weighted by Gasteiger charge is 2.38. The number of carbonyl (C=O) groups is 1. The molecule has 0 bridgehead atoms. The third-order valence-corrected chi connectivity index (χ3v) is 5.07. The lowest BCUT2D eigenvalue weighted by Crippen LogP contribution is -2.25. The Balaban J connectivity index is 0.000000360. The molecule has 0 amide bonds. The lowest BCUT2D eigenvalue weighted by molar-refractivity contribution is -0.192. The van der Waals surface area contributed by atoms with Gasteiger partial charge in [-0.2, -0.15) is 18.2 Å². The van der Waals surface area contributed by atoms with Gasteiger partial charge in [0, 0.05) is 30.6 Å². The first-order valence-electron chi connectivity index (χ1n) is 10.3. The van der Waals surface area contributed by atoms with Crippen molar-refractivity contribution in [3.8, 4) is 11.4 Å². The summed E-state index contributed by atoms with van der Waals surface area (Å²) >= 11 is 0. The minimum atomic E-state index is -5.08. The van der Waals surface area contributed by atoms with Crippen LogP contribution >= 0.6 is 0 Å². The fourth-order valence-electron chi connectivity index (χ4n) is 3.50. The molecule has 32 heavy (non-hydrogen) atoms. The third kappa shape index (κ3) is 6.47. The van der Waals surface area contributed by atoms with Crippen LogP contribution in [-0.2, 0) is 33.8 Å². The number of rotatable bonds is 5. The van der Waals surface area contributed by atoms with E-state index in [0.29, 0.717) is 24.9 Å². The average molecular weight is 458 g/mol. The molecule has 0 aromatic carbocycles. The van der Waals surface area contributed by atoms with Gasteiger partial charge in [-0.1, -0.05) is 5.16 Å². The monoisotopic (exact) mass is 458 g/mol. The van der Waals surface area contributed by atoms with Crippen molar-refractivity contribution in [2.45, 2.75) is 58.0 Å². The maximum atomic E-state index is 10.6. The van der Waals surface area contributed by atoms with E-state index in [1.165, 1.54) is 17.5 Å². The molecule has 0 spiro atoms. The zero-order chi connectivity index (χ0) is 23.1. The Morgan fingerprint density at radius 2 is 2.16 bits per heavy atom. The molecule has 1 unspecified atom stereocenters. The van der Waals surface area contributed by atoms with E-state index >= 15 is 0 Å². The number of fused-ring (bicyclic) bond motifs is 1. The molecule has 9 nitrogen and oxygen atoms in total. The standard InChI is InChI=1S/C18H24N4O3.C2HF3O2/c1-12-17(15-5-6-19-8-13(15)9-20-12)18-21-16(25-22-18)11-23-10-14-4-2-3-7-24-14;3-2(4,5)1(6)7/h9,14,19H,2-8,10-11H2,1H3;(H,6,7). The number of carboxylic acids is 1. The van der Waals surface area contributed by atoms with Gasteiger partial charge in [-0.3, -0.25) is 4.98 Å². The van der Waals surface area contributed by atoms with E-state index in [0.717, 1.165) is 50.2 Å². The molecule has 2 aliphatic rings. The molecule has 2 aliphatic heterocycles. The maximum Gasteiger partial charge on any atom is 0.490 e. The van der Waals surface area contributed by atoms with Crippen LogP contribution in [0.1, 0.15) is 42.0 Å². The van der Waals surface area contributed by atoms with Crippen LogP contribution in [0.15, 0.2) is 10.7 Å². The molecule has 0 radical (unpaired) electrons. The summed E-state index contributed by atoms with van der Waals surface area (Å²) in [6.45, 7) is 5.51. The quantitative estimate of drug-likeness (QED) is 0.697. The molecule has 12 heteroatoms. The van der Waals surface area contributed by atoms with Crippen molar-refractivity contribution < 1.29 is 37.1 Å². The van der Waals surface area contributed by atoms with Crippen molar-refractivity contribution in [3.05, 3.63) is 28.9 Å². The minimum absolute atomic E-state index is 0.191. The minimum Gasteiger partial charge on any atom is -0.475 e. The van der Waals surface area contributed by atoms with Crippen molar-refractivity contribution in [1.82, 2.24) is 20.4 Å². The molecule has 0 aliphatic carbocycles. The van der Waals surface area contributed by atoms with E-state index < -0.39 is 12.1 Å². The van der Waals surface area contributed by atoms with Crippen LogP contribution in [0, 0.1) is 6.92 Å². The summed E-state index contributed by atoms with van der Waals surface area (Å²) in [7, 11) is 0. The zero-order valence-electron chi connectivity index (χ0n) is 17.6. The number of alkyl halides is 3. The predicted molar refractivity (Wildman–Crippen MR) is 105 cm³/mol. The van der Waals surface area contributed by atoms with Crippen LogP contribution in [0.5, 0.6) is 0 Å². The summed E-state index contributed by atoms with van der Waals surface area (Å²) in [4.78, 5) is 17.9. The number of hydrogen-bond donors (Lipinski definition) is 2. The molecule has 2 aromatic rings. The fraction of sp³-hybridized carbons (Fsp3) is 0.600. The largest absolute Gasteiger partial charge is 0.490 e. The summed E-state index contributed by atoms with van der Waals surface area (Å²) < 4.78 is 48.5. The molecule has 176 valence electrons. The Labute approximate surface area is 182 Å². The highest BCUT2D eigenvalue weighted by molar-refractivity contribution is 5.73. The van der Waals surface area contributed by atoms with Crippen LogP contribution in [0.4, 0.5) is 13.2 Å². The second-order valence-corrected chi connectivity index (χ2v) is 7.47. The van der Waals surface area contributed by atoms with Gasteiger partial charge in [0.15, 0.2) is 0 Å². The number of aliphatic carboxylic acids is 1. The first-order valence-corrected chi connectivity index (χ1v) is 10.3. The summed E-state index contributed by atoms with van der Waals surface area (Å²) in [5.41, 5.74) is 4.42. The van der Waals surface area contributed by atoms with Gasteiger partial charge in [0.25, 0.3) is 5.89 Å². The van der Waals surface area contributed by atoms with E-state index in [1.54, 1.807) is 0 Å². The number of halogens is 3. The number of aromatic nitrogens is 3. The highest BCUT2D eigenvalue weighted by atomic mass is 19.4. The molecule has 1 saturated heterocycles. The van der Waals surface area contributed by atoms with Gasteiger partial charge in [0.1, 0.15) is 6.61 Å². The van der Waals surface area contributed by atoms with Gasteiger partial charge >= 0.3 is 12.1 Å². The number of aryl methyl sites for hydroxylation is 1. The first kappa shape index (κ1) is 24.1. The van der Waals surface area contributed by atoms with E-state index in [1.807, 2.05) is 13.1 Å². The molecule has 2 aromatic heterocycles. The first-order chi connectivity index (χ1) is 15.3. The van der Waals surface area contributed by atoms with Gasteiger partial charge in [-0.15, -0.1) is 0 Å². The highest BCUT2D eigenvalue weighted by Crippen LogP contribution is 2.28. The lowest BCUT2D eigenvalue weighted by atomic mass is 9.95. The van der Waals surface area contributed by atoms with Gasteiger partial charge in [0.2, 0.25) is 5.82 Å². The molecular formula is C20H25F3N4O5. The molecule has 4 rings (SSSR count). The number of pyridine rings is 1. The third-order valence-electron chi connectivity index (χ3n) is 5.07. The Bertz CT molecular complexity index is 913. The summed E-state index contributed by atoms with van der Waals surface area (Å²) in [6.07, 6.45) is 1.41. The van der Waals surface area contributed by atoms with Gasteiger partial charge in [-0.25, -0.2) is 4.79 Å². The molecular weight excluding hydrogens is 433 g/mol. The normalized spacial score (nSPS) is 18.4. The Hall–Kier alpha value is -2.57. The van der Waals surface area contributed by atoms with E-state index in [2.05, 4.69) is 20.4 Å². The van der Waals surface area contributed by atoms with Crippen molar-refractivity contribution >= 4 is 5.97 Å². The Morgan fingerprint density at radius 1 is 1.38 bits per heavy atom. The SMILES string of the molecule is Cc1ncc2c(c1-c1noc(COCC3CCCCO3)n1)CCNC2.O=C(O)C(F)(F)F. The van der Waals surface area contributed by atoms with Crippen molar-refractivity contribution in [1.29, 1.82) is 0 Å². The summed E-state index contributed by atoms with van der Waals surface area (Å²) in [6, 6.07) is 0. The number of nitrogens with one attached hydrogen (secondary N) is 1. The zero-order valence-corrected chi connectivity index (χ0v) is 17.6. The van der Waals surface area contributed by atoms with E-state index in [9.17, 15) is 13.2 Å². The number of carboxylic acid groups (broad SMARTS) is 1. The van der Waals surface area contributed by atoms with Crippen molar-refractivity contribution in [3.63, 3.8) is 0 Å². The molecule has 0 saturated carbocycles. The van der Waals surface area contributed by atoms with Crippen molar-refractivity contribution in [2.75, 3.05) is 19.8 Å². The second-order valence-electron chi connectivity index (χ2n) is 7.47. The second kappa shape index (κ2) is 10.8. The lowest BCUT2D eigenvalue weighted by Gasteiger charge is -2.21. The molecule has 1 fully saturated rings. The van der Waals surface area contributed by atoms with Gasteiger partial charge in [-0.05, 0) is 50.3 Å². The van der Waals surface area contributed by atoms with Crippen LogP contribution in [0.25, 0.3) is 11.4 Å². The topological polar surface area (TPSA) is 120 Å². The number of hydrogen-bond acceptors (Lipinski definition) is 8. The number of nitrogens with zero attached hydrogens (tertiary/aromatic N) is 3. The fourth-order valence-corrected chi connectivity index (χ4v) is 3.50. The van der Waals surface area contributed by atoms with Crippen molar-refractivity contribution in [2.24, 2.45) is 0 Å². The Morgan fingerprint density at radius 3 is 2.84 bits per heavy atom. The van der Waals surface area contributed by atoms with Crippen LogP contribution in [-0.4, -0.2) is 58.2 Å². The average Bonchev–Trinajstić information content (AvgIpc) is 3.22. The van der Waals surface area contributed by atoms with Crippen LogP contribution in [0.2, 0.25) is 0 Å². The van der Waals surface area contributed by atoms with Crippen LogP contribution < -0.4 is 5.32 Å². The van der Waals surface area contributed by atoms with Crippen LogP contribution in [0.3, 0.4) is 0 Å². The van der Waals surface area contributed by atoms with E-state index in [-0.39, 0.29) is 6.10 Å². The number of ether oxygens (including phenoxy) is 2. The van der Waals surface area contributed by atoms with Gasteiger partial charge < -0.3 is 24.4 Å². The Kier molecular flexibility index (Phi) is 8.15. The predicted octanol–water partition coefficient (Wildman–Crippen LogP) is 2.80. The van der Waals surface area contributed by atoms with Gasteiger partial charge in [0.05, 0.1) is 12.7 Å². The summed E-state index contributed by atoms with van der Waals surface area (Å²) in [5.74, 6) is -1.65. The maximum absolute atomic E-state index is 10.6.